The minimum atomic E-state index is -0.215. The van der Waals surface area contributed by atoms with Gasteiger partial charge in [-0.05, 0) is 44.0 Å². The molecule has 1 fully saturated rings. The molecule has 0 radical (unpaired) electrons. The van der Waals surface area contributed by atoms with Crippen molar-refractivity contribution in [3.8, 4) is 0 Å². The number of carbonyl (C=O) groups excluding carboxylic acids is 2. The zero-order valence-electron chi connectivity index (χ0n) is 16.2. The van der Waals surface area contributed by atoms with Gasteiger partial charge in [-0.15, -0.1) is 0 Å². The van der Waals surface area contributed by atoms with Gasteiger partial charge in [0.2, 0.25) is 0 Å². The number of hydrogen-bond donors (Lipinski definition) is 1. The zero-order chi connectivity index (χ0) is 20.5. The van der Waals surface area contributed by atoms with Crippen molar-refractivity contribution in [2.75, 3.05) is 20.1 Å². The Morgan fingerprint density at radius 3 is 2.90 bits per heavy atom. The van der Waals surface area contributed by atoms with Crippen LogP contribution in [0.2, 0.25) is 5.02 Å². The number of pyridine rings is 1. The standard InChI is InChI=1S/C21H21ClN4O3/c1-12-9-16(19(27)23-2)17-18(25-29-20(17)24-12)14-6-4-8-26(11-14)21(28)13-5-3-7-15(22)10-13/h3,5,7,9-10,14H,4,6,8,11H2,1-2H3,(H,23,27). The van der Waals surface area contributed by atoms with Crippen LogP contribution >= 0.6 is 11.6 Å². The summed E-state index contributed by atoms with van der Waals surface area (Å²) >= 11 is 6.04. The molecule has 150 valence electrons. The summed E-state index contributed by atoms with van der Waals surface area (Å²) in [5.74, 6) is -0.320. The molecule has 1 aliphatic heterocycles. The summed E-state index contributed by atoms with van der Waals surface area (Å²) in [7, 11) is 1.59. The monoisotopic (exact) mass is 412 g/mol. The van der Waals surface area contributed by atoms with Gasteiger partial charge in [-0.25, -0.2) is 4.98 Å². The maximum atomic E-state index is 12.9. The highest BCUT2D eigenvalue weighted by atomic mass is 35.5. The molecule has 1 atom stereocenters. The number of carbonyl (C=O) groups is 2. The number of fused-ring (bicyclic) bond motifs is 1. The summed E-state index contributed by atoms with van der Waals surface area (Å²) in [6.07, 6.45) is 1.68. The normalized spacial score (nSPS) is 16.8. The fraction of sp³-hybridized carbons (Fsp3) is 0.333. The number of nitrogens with one attached hydrogen (secondary N) is 1. The van der Waals surface area contributed by atoms with E-state index in [4.69, 9.17) is 16.1 Å². The van der Waals surface area contributed by atoms with Crippen molar-refractivity contribution in [2.45, 2.75) is 25.7 Å². The van der Waals surface area contributed by atoms with Crippen LogP contribution < -0.4 is 5.32 Å². The molecule has 7 nitrogen and oxygen atoms in total. The Bertz CT molecular complexity index is 1090. The number of rotatable bonds is 3. The van der Waals surface area contributed by atoms with E-state index in [0.29, 0.717) is 51.7 Å². The summed E-state index contributed by atoms with van der Waals surface area (Å²) in [6, 6.07) is 8.69. The summed E-state index contributed by atoms with van der Waals surface area (Å²) in [5.41, 5.74) is 2.75. The summed E-state index contributed by atoms with van der Waals surface area (Å²) in [4.78, 5) is 31.5. The van der Waals surface area contributed by atoms with E-state index in [1.807, 2.05) is 4.90 Å². The number of aryl methyl sites for hydroxylation is 1. The number of halogens is 1. The Kier molecular flexibility index (Phi) is 5.24. The van der Waals surface area contributed by atoms with Crippen LogP contribution in [0.1, 0.15) is 50.9 Å². The highest BCUT2D eigenvalue weighted by molar-refractivity contribution is 6.30. The van der Waals surface area contributed by atoms with Gasteiger partial charge in [-0.1, -0.05) is 22.8 Å². The largest absolute Gasteiger partial charge is 0.355 e. The van der Waals surface area contributed by atoms with E-state index in [1.54, 1.807) is 44.3 Å². The molecule has 1 aromatic carbocycles. The maximum absolute atomic E-state index is 12.9. The van der Waals surface area contributed by atoms with Crippen molar-refractivity contribution >= 4 is 34.5 Å². The minimum Gasteiger partial charge on any atom is -0.355 e. The molecule has 1 saturated heterocycles. The number of hydrogen-bond acceptors (Lipinski definition) is 5. The molecule has 0 saturated carbocycles. The zero-order valence-corrected chi connectivity index (χ0v) is 17.0. The first-order valence-corrected chi connectivity index (χ1v) is 9.89. The van der Waals surface area contributed by atoms with Crippen LogP contribution in [0.15, 0.2) is 34.9 Å². The molecule has 0 bridgehead atoms. The van der Waals surface area contributed by atoms with E-state index >= 15 is 0 Å². The predicted octanol–water partition coefficient (Wildman–Crippen LogP) is 3.56. The first kappa shape index (κ1) is 19.4. The number of aromatic nitrogens is 2. The lowest BCUT2D eigenvalue weighted by atomic mass is 9.91. The molecule has 4 rings (SSSR count). The highest BCUT2D eigenvalue weighted by Gasteiger charge is 2.31. The van der Waals surface area contributed by atoms with E-state index in [9.17, 15) is 9.59 Å². The number of amides is 2. The quantitative estimate of drug-likeness (QED) is 0.710. The molecule has 8 heteroatoms. The lowest BCUT2D eigenvalue weighted by Gasteiger charge is -2.32. The van der Waals surface area contributed by atoms with Gasteiger partial charge in [0, 0.05) is 42.3 Å². The maximum Gasteiger partial charge on any atom is 0.259 e. The Hall–Kier alpha value is -2.93. The van der Waals surface area contributed by atoms with Gasteiger partial charge in [0.15, 0.2) is 0 Å². The Labute approximate surface area is 173 Å². The van der Waals surface area contributed by atoms with Crippen molar-refractivity contribution in [3.63, 3.8) is 0 Å². The molecular formula is C21H21ClN4O3. The molecule has 2 amide bonds. The molecule has 1 aliphatic rings. The fourth-order valence-electron chi connectivity index (χ4n) is 3.88. The van der Waals surface area contributed by atoms with Crippen LogP contribution in [0.25, 0.3) is 11.1 Å². The average molecular weight is 413 g/mol. The third-order valence-electron chi connectivity index (χ3n) is 5.24. The van der Waals surface area contributed by atoms with Gasteiger partial charge in [0.25, 0.3) is 17.5 Å². The Morgan fingerprint density at radius 2 is 2.14 bits per heavy atom. The van der Waals surface area contributed by atoms with Gasteiger partial charge in [-0.2, -0.15) is 0 Å². The molecule has 1 N–H and O–H groups in total. The second-order valence-corrected chi connectivity index (χ2v) is 7.68. The Balaban J connectivity index is 1.67. The summed E-state index contributed by atoms with van der Waals surface area (Å²) < 4.78 is 5.45. The molecule has 0 aliphatic carbocycles. The number of benzene rings is 1. The van der Waals surface area contributed by atoms with Crippen LogP contribution in [0.5, 0.6) is 0 Å². The SMILES string of the molecule is CNC(=O)c1cc(C)nc2onc(C3CCCN(C(=O)c4cccc(Cl)c4)C3)c12. The van der Waals surface area contributed by atoms with Gasteiger partial charge < -0.3 is 14.7 Å². The van der Waals surface area contributed by atoms with Crippen LogP contribution in [0.3, 0.4) is 0 Å². The van der Waals surface area contributed by atoms with Gasteiger partial charge in [0.05, 0.1) is 16.6 Å². The highest BCUT2D eigenvalue weighted by Crippen LogP contribution is 2.33. The van der Waals surface area contributed by atoms with E-state index < -0.39 is 0 Å². The van der Waals surface area contributed by atoms with E-state index in [-0.39, 0.29) is 17.7 Å². The molecule has 1 unspecified atom stereocenters. The van der Waals surface area contributed by atoms with Crippen LogP contribution in [-0.2, 0) is 0 Å². The molecular weight excluding hydrogens is 392 g/mol. The second kappa shape index (κ2) is 7.83. The van der Waals surface area contributed by atoms with Crippen LogP contribution in [0, 0.1) is 6.92 Å². The first-order chi connectivity index (χ1) is 14.0. The van der Waals surface area contributed by atoms with Crippen molar-refractivity contribution < 1.29 is 14.1 Å². The molecule has 2 aromatic heterocycles. The van der Waals surface area contributed by atoms with Crippen molar-refractivity contribution in [1.82, 2.24) is 20.4 Å². The number of likely N-dealkylation sites (tertiary alicyclic amines) is 1. The van der Waals surface area contributed by atoms with E-state index in [1.165, 1.54) is 0 Å². The lowest BCUT2D eigenvalue weighted by molar-refractivity contribution is 0.0704. The second-order valence-electron chi connectivity index (χ2n) is 7.24. The molecule has 3 heterocycles. The average Bonchev–Trinajstić information content (AvgIpc) is 3.15. The molecule has 29 heavy (non-hydrogen) atoms. The van der Waals surface area contributed by atoms with Crippen LogP contribution in [-0.4, -0.2) is 47.0 Å². The fourth-order valence-corrected chi connectivity index (χ4v) is 4.07. The smallest absolute Gasteiger partial charge is 0.259 e. The predicted molar refractivity (Wildman–Crippen MR) is 109 cm³/mol. The molecule has 0 spiro atoms. The van der Waals surface area contributed by atoms with Crippen molar-refractivity contribution in [1.29, 1.82) is 0 Å². The lowest BCUT2D eigenvalue weighted by Crippen LogP contribution is -2.39. The van der Waals surface area contributed by atoms with Gasteiger partial charge in [-0.3, -0.25) is 9.59 Å². The van der Waals surface area contributed by atoms with Gasteiger partial charge >= 0.3 is 0 Å². The molecule has 3 aromatic rings. The third kappa shape index (κ3) is 3.70. The van der Waals surface area contributed by atoms with Crippen LogP contribution in [0.4, 0.5) is 0 Å². The topological polar surface area (TPSA) is 88.3 Å². The first-order valence-electron chi connectivity index (χ1n) is 9.51. The van der Waals surface area contributed by atoms with Crippen molar-refractivity contribution in [2.24, 2.45) is 0 Å². The van der Waals surface area contributed by atoms with E-state index in [0.717, 1.165) is 12.8 Å². The summed E-state index contributed by atoms with van der Waals surface area (Å²) in [5, 5.41) is 8.06. The van der Waals surface area contributed by atoms with E-state index in [2.05, 4.69) is 15.5 Å². The number of piperidine rings is 1. The third-order valence-corrected chi connectivity index (χ3v) is 5.47. The Morgan fingerprint density at radius 1 is 1.31 bits per heavy atom. The number of nitrogens with zero attached hydrogens (tertiary/aromatic N) is 3. The summed E-state index contributed by atoms with van der Waals surface area (Å²) in [6.45, 7) is 2.96. The van der Waals surface area contributed by atoms with Crippen molar-refractivity contribution in [3.05, 3.63) is 57.9 Å². The minimum absolute atomic E-state index is 0.0407. The van der Waals surface area contributed by atoms with Gasteiger partial charge in [0.1, 0.15) is 0 Å².